The minimum atomic E-state index is 0.575. The summed E-state index contributed by atoms with van der Waals surface area (Å²) in [6.07, 6.45) is 10.2. The summed E-state index contributed by atoms with van der Waals surface area (Å²) < 4.78 is 0. The van der Waals surface area contributed by atoms with Crippen molar-refractivity contribution in [1.29, 1.82) is 0 Å². The van der Waals surface area contributed by atoms with Crippen LogP contribution in [0.15, 0.2) is 43.4 Å². The lowest BCUT2D eigenvalue weighted by Gasteiger charge is -2.33. The third-order valence-corrected chi connectivity index (χ3v) is 4.40. The highest BCUT2D eigenvalue weighted by Gasteiger charge is 2.20. The summed E-state index contributed by atoms with van der Waals surface area (Å²) in [4.78, 5) is 14.6. The number of aromatic nitrogens is 3. The van der Waals surface area contributed by atoms with Gasteiger partial charge >= 0.3 is 0 Å². The zero-order valence-corrected chi connectivity index (χ0v) is 11.9. The molecule has 0 bridgehead atoms. The molecule has 4 nitrogen and oxygen atoms in total. The molecule has 4 heterocycles. The molecular weight excluding hydrogens is 260 g/mol. The zero-order chi connectivity index (χ0) is 14.2. The molecule has 0 amide bonds. The number of aromatic amines is 1. The normalized spacial score (nSPS) is 19.2. The van der Waals surface area contributed by atoms with Crippen LogP contribution >= 0.6 is 0 Å². The van der Waals surface area contributed by atoms with Gasteiger partial charge in [0.2, 0.25) is 0 Å². The highest BCUT2D eigenvalue weighted by atomic mass is 15.1. The van der Waals surface area contributed by atoms with E-state index in [0.29, 0.717) is 5.92 Å². The number of piperidine rings is 1. The Morgan fingerprint density at radius 2 is 2.29 bits per heavy atom. The Balaban J connectivity index is 1.91. The summed E-state index contributed by atoms with van der Waals surface area (Å²) in [5.74, 6) is 0.575. The third-order valence-electron chi connectivity index (χ3n) is 4.40. The Labute approximate surface area is 123 Å². The van der Waals surface area contributed by atoms with Gasteiger partial charge in [-0.1, -0.05) is 6.08 Å². The average Bonchev–Trinajstić information content (AvgIpc) is 3.03. The van der Waals surface area contributed by atoms with Crippen molar-refractivity contribution in [3.05, 3.63) is 43.4 Å². The number of anilines is 1. The van der Waals surface area contributed by atoms with E-state index in [4.69, 9.17) is 0 Å². The first-order valence-corrected chi connectivity index (χ1v) is 7.45. The maximum atomic E-state index is 4.48. The molecule has 1 aliphatic heterocycles. The number of hydrogen-bond acceptors (Lipinski definition) is 3. The van der Waals surface area contributed by atoms with Gasteiger partial charge in [0, 0.05) is 41.9 Å². The lowest BCUT2D eigenvalue weighted by atomic mass is 9.97. The molecule has 1 aliphatic rings. The van der Waals surface area contributed by atoms with Gasteiger partial charge in [0.1, 0.15) is 5.65 Å². The number of rotatable bonds is 2. The molecule has 0 aliphatic carbocycles. The number of nitrogens with zero attached hydrogens (tertiary/aromatic N) is 3. The molecule has 3 aromatic heterocycles. The fourth-order valence-corrected chi connectivity index (χ4v) is 3.32. The van der Waals surface area contributed by atoms with Gasteiger partial charge in [0.15, 0.2) is 0 Å². The Hall–Kier alpha value is -2.36. The first-order chi connectivity index (χ1) is 10.4. The van der Waals surface area contributed by atoms with Crippen molar-refractivity contribution in [1.82, 2.24) is 15.0 Å². The smallest absolute Gasteiger partial charge is 0.138 e. The number of nitrogens with one attached hydrogen (secondary N) is 1. The van der Waals surface area contributed by atoms with Crippen LogP contribution in [-0.2, 0) is 0 Å². The molecule has 3 aromatic rings. The largest absolute Gasteiger partial charge is 0.370 e. The van der Waals surface area contributed by atoms with E-state index in [-0.39, 0.29) is 0 Å². The molecule has 21 heavy (non-hydrogen) atoms. The highest BCUT2D eigenvalue weighted by molar-refractivity contribution is 6.09. The average molecular weight is 278 g/mol. The first kappa shape index (κ1) is 12.4. The minimum absolute atomic E-state index is 0.575. The summed E-state index contributed by atoms with van der Waals surface area (Å²) in [7, 11) is 0. The molecule has 106 valence electrons. The van der Waals surface area contributed by atoms with E-state index >= 15 is 0 Å². The van der Waals surface area contributed by atoms with Crippen molar-refractivity contribution in [2.75, 3.05) is 18.0 Å². The monoisotopic (exact) mass is 278 g/mol. The molecule has 1 atom stereocenters. The molecule has 0 spiro atoms. The van der Waals surface area contributed by atoms with E-state index in [1.165, 1.54) is 23.9 Å². The summed E-state index contributed by atoms with van der Waals surface area (Å²) in [5, 5.41) is 2.35. The summed E-state index contributed by atoms with van der Waals surface area (Å²) in [6, 6.07) is 4.21. The highest BCUT2D eigenvalue weighted by Crippen LogP contribution is 2.33. The van der Waals surface area contributed by atoms with Crippen LogP contribution in [0.4, 0.5) is 5.69 Å². The molecule has 4 heteroatoms. The second kappa shape index (κ2) is 4.88. The van der Waals surface area contributed by atoms with Crippen LogP contribution < -0.4 is 4.90 Å². The molecule has 1 unspecified atom stereocenters. The topological polar surface area (TPSA) is 44.8 Å². The first-order valence-electron chi connectivity index (χ1n) is 7.45. The molecule has 4 rings (SSSR count). The zero-order valence-electron chi connectivity index (χ0n) is 11.9. The number of H-pyrrole nitrogens is 1. The molecule has 1 fully saturated rings. The summed E-state index contributed by atoms with van der Waals surface area (Å²) >= 11 is 0. The predicted molar refractivity (Wildman–Crippen MR) is 86.5 cm³/mol. The molecule has 0 saturated carbocycles. The SMILES string of the molecule is C=CC1CCCN(c2ccnc3cnc4[nH]ccc4c23)C1. The van der Waals surface area contributed by atoms with Gasteiger partial charge in [-0.2, -0.15) is 0 Å². The predicted octanol–water partition coefficient (Wildman–Crippen LogP) is 3.51. The fourth-order valence-electron chi connectivity index (χ4n) is 3.32. The van der Waals surface area contributed by atoms with Crippen molar-refractivity contribution >= 4 is 27.6 Å². The van der Waals surface area contributed by atoms with Gasteiger partial charge in [0.05, 0.1) is 11.7 Å². The van der Waals surface area contributed by atoms with Crippen LogP contribution in [0.2, 0.25) is 0 Å². The second-order valence-electron chi connectivity index (χ2n) is 5.67. The van der Waals surface area contributed by atoms with E-state index < -0.39 is 0 Å². The van der Waals surface area contributed by atoms with Crippen LogP contribution in [0, 0.1) is 5.92 Å². The van der Waals surface area contributed by atoms with Gasteiger partial charge in [-0.05, 0) is 30.9 Å². The quantitative estimate of drug-likeness (QED) is 0.730. The van der Waals surface area contributed by atoms with Crippen LogP contribution in [0.5, 0.6) is 0 Å². The van der Waals surface area contributed by atoms with Crippen LogP contribution in [0.25, 0.3) is 21.9 Å². The van der Waals surface area contributed by atoms with Crippen LogP contribution in [0.1, 0.15) is 12.8 Å². The van der Waals surface area contributed by atoms with Crippen LogP contribution in [-0.4, -0.2) is 28.0 Å². The standard InChI is InChI=1S/C17H18N4/c1-2-12-4-3-9-21(11-12)15-6-8-18-14-10-20-17-13(16(14)15)5-7-19-17/h2,5-8,10,12H,1,3-4,9,11H2,(H,19,20). The van der Waals surface area contributed by atoms with Gasteiger partial charge in [-0.15, -0.1) is 6.58 Å². The maximum Gasteiger partial charge on any atom is 0.138 e. The Morgan fingerprint density at radius 1 is 1.33 bits per heavy atom. The number of hydrogen-bond donors (Lipinski definition) is 1. The number of pyridine rings is 2. The van der Waals surface area contributed by atoms with Crippen molar-refractivity contribution < 1.29 is 0 Å². The van der Waals surface area contributed by atoms with Crippen molar-refractivity contribution in [2.45, 2.75) is 12.8 Å². The fraction of sp³-hybridized carbons (Fsp3) is 0.294. The lowest BCUT2D eigenvalue weighted by Crippen LogP contribution is -2.34. The lowest BCUT2D eigenvalue weighted by molar-refractivity contribution is 0.486. The van der Waals surface area contributed by atoms with Crippen LogP contribution in [0.3, 0.4) is 0 Å². The van der Waals surface area contributed by atoms with Crippen molar-refractivity contribution in [3.63, 3.8) is 0 Å². The third kappa shape index (κ3) is 1.98. The minimum Gasteiger partial charge on any atom is -0.370 e. The molecule has 0 aromatic carbocycles. The molecule has 1 N–H and O–H groups in total. The summed E-state index contributed by atoms with van der Waals surface area (Å²) in [5.41, 5.74) is 3.15. The Morgan fingerprint density at radius 3 is 3.19 bits per heavy atom. The van der Waals surface area contributed by atoms with Gasteiger partial charge in [0.25, 0.3) is 0 Å². The second-order valence-corrected chi connectivity index (χ2v) is 5.67. The van der Waals surface area contributed by atoms with Gasteiger partial charge < -0.3 is 9.88 Å². The van der Waals surface area contributed by atoms with E-state index in [1.54, 1.807) is 0 Å². The molecular formula is C17H18N4. The van der Waals surface area contributed by atoms with E-state index in [9.17, 15) is 0 Å². The Bertz CT molecular complexity index is 805. The Kier molecular flexibility index (Phi) is 2.88. The number of fused-ring (bicyclic) bond motifs is 3. The van der Waals surface area contributed by atoms with Crippen molar-refractivity contribution in [2.24, 2.45) is 5.92 Å². The van der Waals surface area contributed by atoms with E-state index in [2.05, 4.69) is 44.6 Å². The van der Waals surface area contributed by atoms with Crippen molar-refractivity contribution in [3.8, 4) is 0 Å². The van der Waals surface area contributed by atoms with E-state index in [1.807, 2.05) is 18.6 Å². The maximum absolute atomic E-state index is 4.48. The molecule has 0 radical (unpaired) electrons. The van der Waals surface area contributed by atoms with E-state index in [0.717, 1.165) is 29.6 Å². The molecule has 1 saturated heterocycles. The summed E-state index contributed by atoms with van der Waals surface area (Å²) in [6.45, 7) is 6.10. The van der Waals surface area contributed by atoms with Gasteiger partial charge in [-0.3, -0.25) is 4.98 Å². The van der Waals surface area contributed by atoms with Gasteiger partial charge in [-0.25, -0.2) is 4.98 Å².